The molecule has 136 valence electrons. The number of rotatable bonds is 7. The molecule has 1 aliphatic rings. The van der Waals surface area contributed by atoms with Crippen molar-refractivity contribution in [2.24, 2.45) is 0 Å². The second kappa shape index (κ2) is 7.91. The molecule has 0 saturated carbocycles. The van der Waals surface area contributed by atoms with Crippen molar-refractivity contribution < 1.29 is 23.8 Å². The van der Waals surface area contributed by atoms with E-state index in [2.05, 4.69) is 5.32 Å². The van der Waals surface area contributed by atoms with Gasteiger partial charge in [-0.2, -0.15) is 0 Å². The summed E-state index contributed by atoms with van der Waals surface area (Å²) in [6.07, 6.45) is 0.257. The first-order valence-electron chi connectivity index (χ1n) is 8.40. The minimum atomic E-state index is -0.178. The number of nitrogens with one attached hydrogen (secondary N) is 1. The summed E-state index contributed by atoms with van der Waals surface area (Å²) < 4.78 is 15.8. The van der Waals surface area contributed by atoms with Gasteiger partial charge in [0.05, 0.1) is 12.7 Å². The molecule has 6 nitrogen and oxygen atoms in total. The van der Waals surface area contributed by atoms with Crippen LogP contribution in [0.25, 0.3) is 0 Å². The summed E-state index contributed by atoms with van der Waals surface area (Å²) in [4.78, 5) is 24.4. The Morgan fingerprint density at radius 3 is 2.69 bits per heavy atom. The second-order valence-electron chi connectivity index (χ2n) is 6.09. The summed E-state index contributed by atoms with van der Waals surface area (Å²) in [6, 6.07) is 11.0. The average Bonchev–Trinajstić information content (AvgIpc) is 3.12. The number of ether oxygens (including phenoxy) is 3. The molecule has 0 saturated heterocycles. The van der Waals surface area contributed by atoms with Crippen LogP contribution in [0.1, 0.15) is 34.3 Å². The number of carbonyl (C=O) groups excluding carboxylic acids is 2. The molecule has 0 radical (unpaired) electrons. The molecule has 0 spiro atoms. The standard InChI is InChI=1S/C20H21NO5/c1-13-3-6-17(24-2)15(9-13)16(22)5-8-20(23)21-11-14-4-7-18-19(10-14)26-12-25-18/h3-4,6-7,9-10H,5,8,11-12H2,1-2H3,(H,21,23). The van der Waals surface area contributed by atoms with E-state index in [0.29, 0.717) is 29.4 Å². The van der Waals surface area contributed by atoms with Gasteiger partial charge in [0, 0.05) is 19.4 Å². The van der Waals surface area contributed by atoms with Gasteiger partial charge in [0.25, 0.3) is 0 Å². The summed E-state index contributed by atoms with van der Waals surface area (Å²) in [5.74, 6) is 1.63. The van der Waals surface area contributed by atoms with Gasteiger partial charge in [-0.15, -0.1) is 0 Å². The highest BCUT2D eigenvalue weighted by Crippen LogP contribution is 2.32. The number of ketones is 1. The molecule has 1 aliphatic heterocycles. The van der Waals surface area contributed by atoms with Gasteiger partial charge in [0.1, 0.15) is 5.75 Å². The largest absolute Gasteiger partial charge is 0.496 e. The van der Waals surface area contributed by atoms with Crippen molar-refractivity contribution in [1.29, 1.82) is 0 Å². The third-order valence-corrected chi connectivity index (χ3v) is 4.16. The zero-order chi connectivity index (χ0) is 18.5. The third kappa shape index (κ3) is 4.14. The van der Waals surface area contributed by atoms with E-state index in [-0.39, 0.29) is 31.3 Å². The van der Waals surface area contributed by atoms with Crippen LogP contribution in [-0.4, -0.2) is 25.6 Å². The molecule has 0 aromatic heterocycles. The maximum Gasteiger partial charge on any atom is 0.231 e. The van der Waals surface area contributed by atoms with Crippen molar-refractivity contribution in [3.63, 3.8) is 0 Å². The number of fused-ring (bicyclic) bond motifs is 1. The molecule has 2 aromatic carbocycles. The number of benzene rings is 2. The first kappa shape index (κ1) is 17.8. The topological polar surface area (TPSA) is 73.9 Å². The van der Waals surface area contributed by atoms with E-state index in [1.165, 1.54) is 7.11 Å². The van der Waals surface area contributed by atoms with Crippen LogP contribution in [0.15, 0.2) is 36.4 Å². The molecule has 26 heavy (non-hydrogen) atoms. The molecular weight excluding hydrogens is 334 g/mol. The lowest BCUT2D eigenvalue weighted by atomic mass is 10.0. The summed E-state index contributed by atoms with van der Waals surface area (Å²) in [5.41, 5.74) is 2.40. The molecule has 6 heteroatoms. The van der Waals surface area contributed by atoms with Crippen LogP contribution in [-0.2, 0) is 11.3 Å². The van der Waals surface area contributed by atoms with Crippen LogP contribution in [0.2, 0.25) is 0 Å². The van der Waals surface area contributed by atoms with Crippen molar-refractivity contribution in [1.82, 2.24) is 5.32 Å². The molecule has 2 aromatic rings. The van der Waals surface area contributed by atoms with Crippen molar-refractivity contribution in [3.05, 3.63) is 53.1 Å². The van der Waals surface area contributed by atoms with Gasteiger partial charge in [-0.05, 0) is 36.8 Å². The van der Waals surface area contributed by atoms with Crippen molar-refractivity contribution in [2.45, 2.75) is 26.3 Å². The smallest absolute Gasteiger partial charge is 0.231 e. The fourth-order valence-electron chi connectivity index (χ4n) is 2.74. The van der Waals surface area contributed by atoms with E-state index in [9.17, 15) is 9.59 Å². The number of Topliss-reactive ketones (excluding diaryl/α,β-unsaturated/α-hetero) is 1. The predicted octanol–water partition coefficient (Wildman–Crippen LogP) is 3.01. The minimum absolute atomic E-state index is 0.108. The van der Waals surface area contributed by atoms with Gasteiger partial charge in [-0.1, -0.05) is 17.7 Å². The second-order valence-corrected chi connectivity index (χ2v) is 6.09. The maximum atomic E-state index is 12.4. The average molecular weight is 355 g/mol. The Hall–Kier alpha value is -3.02. The lowest BCUT2D eigenvalue weighted by Crippen LogP contribution is -2.23. The van der Waals surface area contributed by atoms with E-state index >= 15 is 0 Å². The maximum absolute atomic E-state index is 12.4. The fourth-order valence-corrected chi connectivity index (χ4v) is 2.74. The van der Waals surface area contributed by atoms with E-state index < -0.39 is 0 Å². The Labute approximate surface area is 152 Å². The van der Waals surface area contributed by atoms with Crippen LogP contribution in [0.3, 0.4) is 0 Å². The number of hydrogen-bond acceptors (Lipinski definition) is 5. The number of amides is 1. The SMILES string of the molecule is COc1ccc(C)cc1C(=O)CCC(=O)NCc1ccc2c(c1)OCO2. The monoisotopic (exact) mass is 355 g/mol. The Balaban J connectivity index is 1.51. The van der Waals surface area contributed by atoms with Crippen molar-refractivity contribution >= 4 is 11.7 Å². The van der Waals surface area contributed by atoms with Gasteiger partial charge in [0.15, 0.2) is 17.3 Å². The van der Waals surface area contributed by atoms with Gasteiger partial charge in [-0.3, -0.25) is 9.59 Å². The molecule has 1 heterocycles. The highest BCUT2D eigenvalue weighted by molar-refractivity contribution is 6.00. The van der Waals surface area contributed by atoms with Crippen molar-refractivity contribution in [2.75, 3.05) is 13.9 Å². The summed E-state index contributed by atoms with van der Waals surface area (Å²) in [7, 11) is 1.53. The molecule has 1 amide bonds. The molecule has 0 bridgehead atoms. The number of carbonyl (C=O) groups is 2. The summed E-state index contributed by atoms with van der Waals surface area (Å²) in [5, 5.41) is 2.82. The Morgan fingerprint density at radius 1 is 1.08 bits per heavy atom. The lowest BCUT2D eigenvalue weighted by molar-refractivity contribution is -0.121. The molecule has 0 fully saturated rings. The molecule has 0 atom stereocenters. The zero-order valence-corrected chi connectivity index (χ0v) is 14.8. The van der Waals surface area contributed by atoms with Gasteiger partial charge < -0.3 is 19.5 Å². The van der Waals surface area contributed by atoms with E-state index in [0.717, 1.165) is 11.1 Å². The third-order valence-electron chi connectivity index (χ3n) is 4.16. The Morgan fingerprint density at radius 2 is 1.88 bits per heavy atom. The highest BCUT2D eigenvalue weighted by atomic mass is 16.7. The normalized spacial score (nSPS) is 11.9. The van der Waals surface area contributed by atoms with Crippen LogP contribution < -0.4 is 19.5 Å². The zero-order valence-electron chi connectivity index (χ0n) is 14.8. The van der Waals surface area contributed by atoms with Crippen molar-refractivity contribution in [3.8, 4) is 17.2 Å². The minimum Gasteiger partial charge on any atom is -0.496 e. The van der Waals surface area contributed by atoms with Crippen LogP contribution >= 0.6 is 0 Å². The number of methoxy groups -OCH3 is 1. The molecule has 0 unspecified atom stereocenters. The van der Waals surface area contributed by atoms with E-state index in [1.54, 1.807) is 12.1 Å². The van der Waals surface area contributed by atoms with Gasteiger partial charge >= 0.3 is 0 Å². The van der Waals surface area contributed by atoms with Crippen LogP contribution in [0.5, 0.6) is 17.2 Å². The highest BCUT2D eigenvalue weighted by Gasteiger charge is 2.15. The number of hydrogen-bond donors (Lipinski definition) is 1. The van der Waals surface area contributed by atoms with Crippen LogP contribution in [0.4, 0.5) is 0 Å². The van der Waals surface area contributed by atoms with Gasteiger partial charge in [-0.25, -0.2) is 0 Å². The van der Waals surface area contributed by atoms with Crippen LogP contribution in [0, 0.1) is 6.92 Å². The Kier molecular flexibility index (Phi) is 5.41. The van der Waals surface area contributed by atoms with E-state index in [1.807, 2.05) is 31.2 Å². The fraction of sp³-hybridized carbons (Fsp3) is 0.300. The summed E-state index contributed by atoms with van der Waals surface area (Å²) in [6.45, 7) is 2.50. The lowest BCUT2D eigenvalue weighted by Gasteiger charge is -2.09. The summed E-state index contributed by atoms with van der Waals surface area (Å²) >= 11 is 0. The number of aryl methyl sites for hydroxylation is 1. The van der Waals surface area contributed by atoms with Gasteiger partial charge in [0.2, 0.25) is 12.7 Å². The van der Waals surface area contributed by atoms with E-state index in [4.69, 9.17) is 14.2 Å². The molecule has 3 rings (SSSR count). The molecular formula is C20H21NO5. The first-order valence-corrected chi connectivity index (χ1v) is 8.40. The first-order chi connectivity index (χ1) is 12.6. The quantitative estimate of drug-likeness (QED) is 0.773. The predicted molar refractivity (Wildman–Crippen MR) is 95.7 cm³/mol. The Bertz CT molecular complexity index is 831. The molecule has 0 aliphatic carbocycles. The molecule has 1 N–H and O–H groups in total.